The standard InChI is InChI=1S/C19H19BrClNO/c1-3-18(22-4-2)16-13-15(20)9-10-19(16)23-12-11-14-7-5-6-8-17(14)21/h3-10,13H,11-12H2,1-2H3/b18-3-,22-4-. The molecule has 0 N–H and O–H groups in total. The molecule has 0 saturated heterocycles. The van der Waals surface area contributed by atoms with E-state index in [1.165, 1.54) is 0 Å². The van der Waals surface area contributed by atoms with Gasteiger partial charge in [-0.15, -0.1) is 0 Å². The number of aliphatic imine (C=N–C) groups is 1. The number of rotatable bonds is 6. The number of hydrogen-bond donors (Lipinski definition) is 0. The van der Waals surface area contributed by atoms with Crippen LogP contribution in [0.15, 0.2) is 58.0 Å². The summed E-state index contributed by atoms with van der Waals surface area (Å²) in [5, 5.41) is 0.775. The first-order valence-corrected chi connectivity index (χ1v) is 8.64. The second kappa shape index (κ2) is 8.90. The molecule has 4 heteroatoms. The van der Waals surface area contributed by atoms with Crippen molar-refractivity contribution in [3.8, 4) is 5.75 Å². The molecule has 0 bridgehead atoms. The normalized spacial score (nSPS) is 11.9. The van der Waals surface area contributed by atoms with Gasteiger partial charge >= 0.3 is 0 Å². The van der Waals surface area contributed by atoms with Crippen molar-refractivity contribution in [2.24, 2.45) is 4.99 Å². The Balaban J connectivity index is 2.15. The van der Waals surface area contributed by atoms with Gasteiger partial charge < -0.3 is 4.74 Å². The van der Waals surface area contributed by atoms with Gasteiger partial charge in [-0.1, -0.05) is 51.8 Å². The third-order valence-electron chi connectivity index (χ3n) is 3.35. The Labute approximate surface area is 151 Å². The number of allylic oxidation sites excluding steroid dienone is 1. The molecule has 0 saturated carbocycles. The van der Waals surface area contributed by atoms with Gasteiger partial charge in [0.1, 0.15) is 5.75 Å². The van der Waals surface area contributed by atoms with Gasteiger partial charge in [-0.05, 0) is 43.7 Å². The third kappa shape index (κ3) is 4.95. The van der Waals surface area contributed by atoms with Gasteiger partial charge in [0.25, 0.3) is 0 Å². The van der Waals surface area contributed by atoms with Gasteiger partial charge in [0, 0.05) is 27.7 Å². The maximum Gasteiger partial charge on any atom is 0.128 e. The Morgan fingerprint density at radius 3 is 2.70 bits per heavy atom. The van der Waals surface area contributed by atoms with Crippen LogP contribution in [0.4, 0.5) is 0 Å². The smallest absolute Gasteiger partial charge is 0.128 e. The first-order chi connectivity index (χ1) is 11.2. The Bertz CT molecular complexity index is 725. The number of halogens is 2. The minimum absolute atomic E-state index is 0.561. The zero-order chi connectivity index (χ0) is 16.7. The number of ether oxygens (including phenoxy) is 1. The molecule has 0 aliphatic carbocycles. The highest BCUT2D eigenvalue weighted by Gasteiger charge is 2.09. The molecule has 0 fully saturated rings. The largest absolute Gasteiger partial charge is 0.493 e. The van der Waals surface area contributed by atoms with Gasteiger partial charge in [0.2, 0.25) is 0 Å². The quantitative estimate of drug-likeness (QED) is 0.538. The molecule has 2 nitrogen and oxygen atoms in total. The topological polar surface area (TPSA) is 21.6 Å². The lowest BCUT2D eigenvalue weighted by atomic mass is 10.1. The third-order valence-corrected chi connectivity index (χ3v) is 4.21. The van der Waals surface area contributed by atoms with Gasteiger partial charge in [-0.2, -0.15) is 0 Å². The number of nitrogens with zero attached hydrogens (tertiary/aromatic N) is 1. The molecule has 0 amide bonds. The van der Waals surface area contributed by atoms with Crippen LogP contribution in [0, 0.1) is 0 Å². The first-order valence-electron chi connectivity index (χ1n) is 7.46. The zero-order valence-corrected chi connectivity index (χ0v) is 15.6. The minimum atomic E-state index is 0.561. The molecule has 0 radical (unpaired) electrons. The van der Waals surface area contributed by atoms with Crippen molar-refractivity contribution < 1.29 is 4.74 Å². The van der Waals surface area contributed by atoms with Crippen LogP contribution in [-0.2, 0) is 6.42 Å². The van der Waals surface area contributed by atoms with Crippen molar-refractivity contribution in [3.63, 3.8) is 0 Å². The molecule has 23 heavy (non-hydrogen) atoms. The minimum Gasteiger partial charge on any atom is -0.493 e. The second-order valence-corrected chi connectivity index (χ2v) is 6.21. The second-order valence-electron chi connectivity index (χ2n) is 4.89. The van der Waals surface area contributed by atoms with Crippen LogP contribution in [0.3, 0.4) is 0 Å². The van der Waals surface area contributed by atoms with Gasteiger partial charge in [-0.25, -0.2) is 0 Å². The molecule has 0 aliphatic rings. The highest BCUT2D eigenvalue weighted by atomic mass is 79.9. The van der Waals surface area contributed by atoms with Crippen LogP contribution in [0.5, 0.6) is 5.75 Å². The van der Waals surface area contributed by atoms with E-state index in [9.17, 15) is 0 Å². The molecule has 0 spiro atoms. The summed E-state index contributed by atoms with van der Waals surface area (Å²) in [6, 6.07) is 13.8. The molecule has 2 aromatic carbocycles. The summed E-state index contributed by atoms with van der Waals surface area (Å²) in [6.45, 7) is 4.43. The van der Waals surface area contributed by atoms with E-state index in [0.717, 1.165) is 38.5 Å². The van der Waals surface area contributed by atoms with Crippen LogP contribution in [0.25, 0.3) is 5.70 Å². The van der Waals surface area contributed by atoms with Crippen LogP contribution in [-0.4, -0.2) is 12.8 Å². The van der Waals surface area contributed by atoms with Crippen molar-refractivity contribution >= 4 is 39.4 Å². The highest BCUT2D eigenvalue weighted by Crippen LogP contribution is 2.30. The average molecular weight is 393 g/mol. The molecular formula is C19H19BrClNO. The van der Waals surface area contributed by atoms with E-state index in [0.29, 0.717) is 6.61 Å². The summed E-state index contributed by atoms with van der Waals surface area (Å²) in [7, 11) is 0. The lowest BCUT2D eigenvalue weighted by Gasteiger charge is -2.13. The maximum absolute atomic E-state index is 6.18. The fraction of sp³-hybridized carbons (Fsp3) is 0.211. The number of hydrogen-bond acceptors (Lipinski definition) is 2. The van der Waals surface area contributed by atoms with E-state index in [2.05, 4.69) is 20.9 Å². The summed E-state index contributed by atoms with van der Waals surface area (Å²) < 4.78 is 6.98. The van der Waals surface area contributed by atoms with Crippen LogP contribution < -0.4 is 4.74 Å². The Morgan fingerprint density at radius 1 is 1.22 bits per heavy atom. The van der Waals surface area contributed by atoms with E-state index in [1.54, 1.807) is 6.21 Å². The summed E-state index contributed by atoms with van der Waals surface area (Å²) in [6.07, 6.45) is 4.52. The fourth-order valence-corrected chi connectivity index (χ4v) is 2.83. The van der Waals surface area contributed by atoms with E-state index in [1.807, 2.05) is 62.4 Å². The van der Waals surface area contributed by atoms with E-state index in [-0.39, 0.29) is 0 Å². The van der Waals surface area contributed by atoms with Crippen molar-refractivity contribution in [2.75, 3.05) is 6.61 Å². The highest BCUT2D eigenvalue weighted by molar-refractivity contribution is 9.10. The monoisotopic (exact) mass is 391 g/mol. The van der Waals surface area contributed by atoms with Crippen LogP contribution in [0.2, 0.25) is 5.02 Å². The van der Waals surface area contributed by atoms with Gasteiger partial charge in [0.15, 0.2) is 0 Å². The van der Waals surface area contributed by atoms with Gasteiger partial charge in [0.05, 0.1) is 12.3 Å². The van der Waals surface area contributed by atoms with E-state index in [4.69, 9.17) is 16.3 Å². The van der Waals surface area contributed by atoms with Crippen molar-refractivity contribution in [1.82, 2.24) is 0 Å². The Hall–Kier alpha value is -1.58. The number of benzene rings is 2. The predicted molar refractivity (Wildman–Crippen MR) is 103 cm³/mol. The molecule has 0 atom stereocenters. The average Bonchev–Trinajstić information content (AvgIpc) is 2.55. The van der Waals surface area contributed by atoms with Gasteiger partial charge in [-0.3, -0.25) is 4.99 Å². The molecular weight excluding hydrogens is 374 g/mol. The summed E-state index contributed by atoms with van der Waals surface area (Å²) in [4.78, 5) is 4.41. The van der Waals surface area contributed by atoms with Crippen molar-refractivity contribution in [1.29, 1.82) is 0 Å². The molecule has 2 rings (SSSR count). The maximum atomic E-state index is 6.18. The Morgan fingerprint density at radius 2 is 2.00 bits per heavy atom. The van der Waals surface area contributed by atoms with Crippen LogP contribution >= 0.6 is 27.5 Å². The molecule has 0 heterocycles. The zero-order valence-electron chi connectivity index (χ0n) is 13.2. The SMILES string of the molecule is C/C=N\C(=C/C)c1cc(Br)ccc1OCCc1ccccc1Cl. The fourth-order valence-electron chi connectivity index (χ4n) is 2.24. The molecule has 0 aromatic heterocycles. The molecule has 120 valence electrons. The summed E-state index contributed by atoms with van der Waals surface area (Å²) in [5.41, 5.74) is 2.95. The van der Waals surface area contributed by atoms with E-state index >= 15 is 0 Å². The lowest BCUT2D eigenvalue weighted by Crippen LogP contribution is -2.03. The molecule has 2 aromatic rings. The summed E-state index contributed by atoms with van der Waals surface area (Å²) >= 11 is 9.69. The molecule has 0 aliphatic heterocycles. The predicted octanol–water partition coefficient (Wildman–Crippen LogP) is 6.18. The van der Waals surface area contributed by atoms with Crippen molar-refractivity contribution in [3.05, 3.63) is 69.2 Å². The molecule has 0 unspecified atom stereocenters. The lowest BCUT2D eigenvalue weighted by molar-refractivity contribution is 0.321. The van der Waals surface area contributed by atoms with Crippen molar-refractivity contribution in [2.45, 2.75) is 20.3 Å². The first kappa shape index (κ1) is 17.8. The Kier molecular flexibility index (Phi) is 6.87. The summed E-state index contributed by atoms with van der Waals surface area (Å²) in [5.74, 6) is 0.818. The van der Waals surface area contributed by atoms with E-state index < -0.39 is 0 Å². The van der Waals surface area contributed by atoms with Crippen LogP contribution in [0.1, 0.15) is 25.0 Å².